The Labute approximate surface area is 279 Å². The number of hydrogen-bond acceptors (Lipinski definition) is 10. The zero-order valence-electron chi connectivity index (χ0n) is 26.0. The van der Waals surface area contributed by atoms with Crippen molar-refractivity contribution in [2.45, 2.75) is 32.8 Å². The molecule has 2 aliphatic rings. The van der Waals surface area contributed by atoms with Crippen molar-refractivity contribution in [1.29, 1.82) is 0 Å². The van der Waals surface area contributed by atoms with E-state index in [2.05, 4.69) is 15.7 Å². The van der Waals surface area contributed by atoms with E-state index in [0.717, 1.165) is 38.4 Å². The van der Waals surface area contributed by atoms with Gasteiger partial charge in [-0.1, -0.05) is 28.9 Å². The Hall–Kier alpha value is -5.07. The largest absolute Gasteiger partial charge is 0.492 e. The number of nitrogens with zero attached hydrogens (tertiary/aromatic N) is 4. The lowest BCUT2D eigenvalue weighted by molar-refractivity contribution is 0.0853. The number of amides is 1. The number of aromatic nitrogens is 2. The van der Waals surface area contributed by atoms with Gasteiger partial charge in [0, 0.05) is 52.5 Å². The zero-order chi connectivity index (χ0) is 32.7. The number of carbonyl (C=O) groups excluding carboxylic acids is 1. The second-order valence-corrected chi connectivity index (χ2v) is 12.5. The molecular formula is C34H30ClN5O6S. The van der Waals surface area contributed by atoms with Crippen LogP contribution in [0, 0.1) is 13.8 Å². The smallest absolute Gasteiger partial charge is 0.283 e. The number of oxime groups is 1. The number of thiophene rings is 1. The third-order valence-electron chi connectivity index (χ3n) is 8.01. The highest BCUT2D eigenvalue weighted by molar-refractivity contribution is 7.21. The first-order valence-electron chi connectivity index (χ1n) is 14.8. The quantitative estimate of drug-likeness (QED) is 0.139. The second-order valence-electron chi connectivity index (χ2n) is 11.0. The van der Waals surface area contributed by atoms with Gasteiger partial charge in [-0.25, -0.2) is 10.4 Å². The molecule has 7 rings (SSSR count). The summed E-state index contributed by atoms with van der Waals surface area (Å²) in [4.78, 5) is 25.6. The number of halogens is 1. The Morgan fingerprint density at radius 2 is 1.85 bits per heavy atom. The lowest BCUT2D eigenvalue weighted by Gasteiger charge is -2.19. The number of ether oxygens (including phenoxy) is 4. The van der Waals surface area contributed by atoms with E-state index in [-0.39, 0.29) is 18.8 Å². The Morgan fingerprint density at radius 3 is 2.57 bits per heavy atom. The SMILES string of the molecule is COc1c(/C=N\NC(=O)c2sc3nc(C)cc(C)c3c2-n2cccc2)c(C[C@H]2CC(c3ccc(Cl)cc3)=NO2)c(OC)c2c1OCO2. The number of rotatable bonds is 9. The fraction of sp³-hybridized carbons (Fsp3) is 0.235. The lowest BCUT2D eigenvalue weighted by Crippen LogP contribution is -2.19. The maximum absolute atomic E-state index is 13.7. The maximum atomic E-state index is 13.7. The van der Waals surface area contributed by atoms with E-state index in [1.807, 2.05) is 73.3 Å². The molecule has 1 amide bonds. The molecule has 5 aromatic rings. The molecule has 0 radical (unpaired) electrons. The molecular weight excluding hydrogens is 642 g/mol. The number of aryl methyl sites for hydroxylation is 2. The van der Waals surface area contributed by atoms with Crippen LogP contribution in [-0.4, -0.2) is 54.5 Å². The van der Waals surface area contributed by atoms with E-state index in [4.69, 9.17) is 40.4 Å². The maximum Gasteiger partial charge on any atom is 0.283 e. The summed E-state index contributed by atoms with van der Waals surface area (Å²) in [6.45, 7) is 3.97. The summed E-state index contributed by atoms with van der Waals surface area (Å²) in [6, 6.07) is 13.3. The van der Waals surface area contributed by atoms with Crippen LogP contribution in [0.25, 0.3) is 15.9 Å². The summed E-state index contributed by atoms with van der Waals surface area (Å²) in [5.41, 5.74) is 8.38. The Morgan fingerprint density at radius 1 is 1.13 bits per heavy atom. The highest BCUT2D eigenvalue weighted by Crippen LogP contribution is 2.52. The first kappa shape index (κ1) is 30.6. The Bertz CT molecular complexity index is 2060. The molecule has 5 heterocycles. The molecule has 2 aromatic carbocycles. The molecule has 1 atom stereocenters. The first-order chi connectivity index (χ1) is 22.9. The van der Waals surface area contributed by atoms with Gasteiger partial charge in [0.15, 0.2) is 11.5 Å². The van der Waals surface area contributed by atoms with Crippen LogP contribution in [-0.2, 0) is 11.3 Å². The molecule has 240 valence electrons. The minimum atomic E-state index is -0.377. The normalized spacial score (nSPS) is 15.3. The molecule has 11 nitrogen and oxygen atoms in total. The number of nitrogens with one attached hydrogen (secondary N) is 1. The number of benzene rings is 2. The van der Waals surface area contributed by atoms with Crippen LogP contribution in [0.4, 0.5) is 0 Å². The van der Waals surface area contributed by atoms with Gasteiger partial charge in [-0.15, -0.1) is 11.3 Å². The average Bonchev–Trinajstić information content (AvgIpc) is 3.88. The number of carbonyl (C=O) groups is 1. The van der Waals surface area contributed by atoms with E-state index < -0.39 is 0 Å². The zero-order valence-corrected chi connectivity index (χ0v) is 27.6. The topological polar surface area (TPSA) is 118 Å². The molecule has 2 aliphatic heterocycles. The minimum absolute atomic E-state index is 0.00358. The molecule has 0 bridgehead atoms. The van der Waals surface area contributed by atoms with E-state index in [1.165, 1.54) is 24.7 Å². The Kier molecular flexibility index (Phi) is 8.21. The van der Waals surface area contributed by atoms with Crippen LogP contribution in [0.2, 0.25) is 5.02 Å². The molecule has 1 N–H and O–H groups in total. The van der Waals surface area contributed by atoms with Crippen molar-refractivity contribution in [3.63, 3.8) is 0 Å². The molecule has 13 heteroatoms. The van der Waals surface area contributed by atoms with Gasteiger partial charge < -0.3 is 28.4 Å². The number of pyridine rings is 1. The molecule has 0 saturated heterocycles. The predicted molar refractivity (Wildman–Crippen MR) is 180 cm³/mol. The van der Waals surface area contributed by atoms with Gasteiger partial charge in [-0.3, -0.25) is 4.79 Å². The van der Waals surface area contributed by atoms with Crippen LogP contribution < -0.4 is 24.4 Å². The predicted octanol–water partition coefficient (Wildman–Crippen LogP) is 6.60. The summed E-state index contributed by atoms with van der Waals surface area (Å²) < 4.78 is 25.1. The Balaban J connectivity index is 1.22. The monoisotopic (exact) mass is 671 g/mol. The van der Waals surface area contributed by atoms with Gasteiger partial charge in [0.25, 0.3) is 5.91 Å². The third kappa shape index (κ3) is 5.63. The highest BCUT2D eigenvalue weighted by atomic mass is 35.5. The number of methoxy groups -OCH3 is 2. The van der Waals surface area contributed by atoms with Gasteiger partial charge in [-0.2, -0.15) is 5.10 Å². The van der Waals surface area contributed by atoms with Gasteiger partial charge in [0.05, 0.1) is 31.8 Å². The molecule has 3 aromatic heterocycles. The van der Waals surface area contributed by atoms with Crippen molar-refractivity contribution in [2.75, 3.05) is 21.0 Å². The number of fused-ring (bicyclic) bond motifs is 2. The second kappa shape index (κ2) is 12.6. The fourth-order valence-corrected chi connectivity index (χ4v) is 7.29. The minimum Gasteiger partial charge on any atom is -0.492 e. The van der Waals surface area contributed by atoms with Crippen molar-refractivity contribution in [3.05, 3.63) is 92.7 Å². The van der Waals surface area contributed by atoms with Crippen molar-refractivity contribution in [1.82, 2.24) is 15.0 Å². The van der Waals surface area contributed by atoms with E-state index >= 15 is 0 Å². The standard InChI is InChI=1S/C34H30ClN5O6S/c1-18-13-19(2)37-34-26(18)27(40-11-5-6-12-40)32(47-34)33(41)38-36-16-24-23(28(42-3)30-31(29(24)43-4)45-17-44-30)14-22-15-25(39-46-22)20-7-9-21(35)10-8-20/h5-13,16,22H,14-15,17H2,1-4H3,(H,38,41)/b36-16-/t22-/m0/s1. The molecule has 0 aliphatic carbocycles. The van der Waals surface area contributed by atoms with Gasteiger partial charge >= 0.3 is 0 Å². The summed E-state index contributed by atoms with van der Waals surface area (Å²) in [5, 5.41) is 10.3. The lowest BCUT2D eigenvalue weighted by atomic mass is 9.95. The van der Waals surface area contributed by atoms with Crippen LogP contribution >= 0.6 is 22.9 Å². The van der Waals surface area contributed by atoms with Crippen molar-refractivity contribution in [2.24, 2.45) is 10.3 Å². The van der Waals surface area contributed by atoms with Gasteiger partial charge in [-0.05, 0) is 55.3 Å². The fourth-order valence-electron chi connectivity index (χ4n) is 5.98. The average molecular weight is 672 g/mol. The van der Waals surface area contributed by atoms with Crippen molar-refractivity contribution < 1.29 is 28.6 Å². The molecule has 47 heavy (non-hydrogen) atoms. The van der Waals surface area contributed by atoms with Crippen LogP contribution in [0.15, 0.2) is 65.1 Å². The molecule has 0 fully saturated rings. The highest BCUT2D eigenvalue weighted by Gasteiger charge is 2.34. The van der Waals surface area contributed by atoms with Crippen LogP contribution in [0.5, 0.6) is 23.0 Å². The van der Waals surface area contributed by atoms with Crippen molar-refractivity contribution >= 4 is 51.0 Å². The molecule has 0 spiro atoms. The number of hydrazone groups is 1. The summed E-state index contributed by atoms with van der Waals surface area (Å²) in [5.74, 6) is 1.30. The van der Waals surface area contributed by atoms with Gasteiger partial charge in [0.2, 0.25) is 18.3 Å². The number of hydrogen-bond donors (Lipinski definition) is 1. The first-order valence-corrected chi connectivity index (χ1v) is 16.0. The third-order valence-corrected chi connectivity index (χ3v) is 9.33. The van der Waals surface area contributed by atoms with E-state index in [0.29, 0.717) is 56.9 Å². The summed E-state index contributed by atoms with van der Waals surface area (Å²) in [7, 11) is 3.10. The van der Waals surface area contributed by atoms with Crippen LogP contribution in [0.3, 0.4) is 0 Å². The van der Waals surface area contributed by atoms with Crippen LogP contribution in [0.1, 0.15) is 44.0 Å². The summed E-state index contributed by atoms with van der Waals surface area (Å²) in [6.07, 6.45) is 5.96. The van der Waals surface area contributed by atoms with Gasteiger partial charge in [0.1, 0.15) is 15.8 Å². The summed E-state index contributed by atoms with van der Waals surface area (Å²) >= 11 is 7.40. The van der Waals surface area contributed by atoms with E-state index in [9.17, 15) is 4.79 Å². The van der Waals surface area contributed by atoms with Crippen molar-refractivity contribution in [3.8, 4) is 28.7 Å². The molecule has 0 unspecified atom stereocenters. The van der Waals surface area contributed by atoms with E-state index in [1.54, 1.807) is 7.11 Å². The molecule has 0 saturated carbocycles.